The summed E-state index contributed by atoms with van der Waals surface area (Å²) in [6.07, 6.45) is -9.66. The van der Waals surface area contributed by atoms with E-state index in [1.807, 2.05) is 0 Å². The molecule has 130 valence electrons. The van der Waals surface area contributed by atoms with Crippen molar-refractivity contribution in [2.24, 2.45) is 0 Å². The molecular formula is C14H10F6N2O2. The van der Waals surface area contributed by atoms with Crippen molar-refractivity contribution in [1.82, 2.24) is 9.78 Å². The zero-order valence-corrected chi connectivity index (χ0v) is 12.1. The quantitative estimate of drug-likeness (QED) is 0.625. The maximum absolute atomic E-state index is 12.5. The molecule has 4 nitrogen and oxygen atoms in total. The van der Waals surface area contributed by atoms with E-state index in [1.165, 1.54) is 6.92 Å². The van der Waals surface area contributed by atoms with Crippen molar-refractivity contribution in [2.45, 2.75) is 25.8 Å². The van der Waals surface area contributed by atoms with Crippen molar-refractivity contribution in [3.8, 4) is 5.88 Å². The predicted molar refractivity (Wildman–Crippen MR) is 69.2 cm³/mol. The Morgan fingerprint density at radius 3 is 2.21 bits per heavy atom. The molecule has 0 aliphatic heterocycles. The van der Waals surface area contributed by atoms with Crippen LogP contribution < -0.4 is 4.74 Å². The number of nitrogens with zero attached hydrogens (tertiary/aromatic N) is 2. The molecule has 1 heterocycles. The minimum atomic E-state index is -5.17. The number of halogens is 6. The van der Waals surface area contributed by atoms with E-state index < -0.39 is 29.8 Å². The number of alkyl halides is 6. The van der Waals surface area contributed by atoms with Crippen molar-refractivity contribution in [3.05, 3.63) is 47.2 Å². The van der Waals surface area contributed by atoms with Gasteiger partial charge in [0.2, 0.25) is 5.88 Å². The lowest BCUT2D eigenvalue weighted by molar-refractivity contribution is -0.190. The SMILES string of the molecule is Cc1cc(OC(=O)C(F)(F)F)n(Cc2ccc(C(F)(F)F)cc2)n1. The van der Waals surface area contributed by atoms with Gasteiger partial charge in [-0.15, -0.1) is 0 Å². The van der Waals surface area contributed by atoms with Gasteiger partial charge in [-0.2, -0.15) is 31.4 Å². The third-order valence-corrected chi connectivity index (χ3v) is 2.91. The number of esters is 1. The van der Waals surface area contributed by atoms with Gasteiger partial charge in [-0.05, 0) is 24.6 Å². The van der Waals surface area contributed by atoms with E-state index in [9.17, 15) is 31.1 Å². The van der Waals surface area contributed by atoms with Gasteiger partial charge in [-0.3, -0.25) is 0 Å². The number of rotatable bonds is 3. The van der Waals surface area contributed by atoms with Crippen LogP contribution in [0.15, 0.2) is 30.3 Å². The predicted octanol–water partition coefficient (Wildman–Crippen LogP) is 3.73. The van der Waals surface area contributed by atoms with E-state index in [0.717, 1.165) is 35.0 Å². The molecule has 1 aromatic heterocycles. The summed E-state index contributed by atoms with van der Waals surface area (Å²) in [7, 11) is 0. The maximum Gasteiger partial charge on any atom is 0.491 e. The third kappa shape index (κ3) is 4.27. The van der Waals surface area contributed by atoms with Gasteiger partial charge in [0.25, 0.3) is 0 Å². The van der Waals surface area contributed by atoms with Crippen LogP contribution in [0, 0.1) is 6.92 Å². The molecule has 2 rings (SSSR count). The molecule has 0 fully saturated rings. The second-order valence-electron chi connectivity index (χ2n) is 4.86. The monoisotopic (exact) mass is 352 g/mol. The van der Waals surface area contributed by atoms with Gasteiger partial charge >= 0.3 is 18.3 Å². The fraction of sp³-hybridized carbons (Fsp3) is 0.286. The molecule has 1 aromatic carbocycles. The molecule has 24 heavy (non-hydrogen) atoms. The van der Waals surface area contributed by atoms with Crippen LogP contribution in [0.2, 0.25) is 0 Å². The van der Waals surface area contributed by atoms with E-state index in [2.05, 4.69) is 9.84 Å². The molecular weight excluding hydrogens is 342 g/mol. The molecule has 0 aliphatic rings. The fourth-order valence-corrected chi connectivity index (χ4v) is 1.84. The zero-order valence-electron chi connectivity index (χ0n) is 12.1. The first-order chi connectivity index (χ1) is 11.0. The molecule has 0 saturated carbocycles. The first kappa shape index (κ1) is 17.8. The summed E-state index contributed by atoms with van der Waals surface area (Å²) in [5, 5.41) is 3.86. The molecule has 0 atom stereocenters. The largest absolute Gasteiger partial charge is 0.491 e. The lowest BCUT2D eigenvalue weighted by Gasteiger charge is -2.10. The summed E-state index contributed by atoms with van der Waals surface area (Å²) in [4.78, 5) is 10.9. The van der Waals surface area contributed by atoms with Crippen molar-refractivity contribution in [3.63, 3.8) is 0 Å². The summed E-state index contributed by atoms with van der Waals surface area (Å²) in [5.74, 6) is -2.86. The molecule has 0 radical (unpaired) electrons. The van der Waals surface area contributed by atoms with Gasteiger partial charge in [0.05, 0.1) is 17.8 Å². The van der Waals surface area contributed by atoms with Crippen molar-refractivity contribution in [1.29, 1.82) is 0 Å². The van der Waals surface area contributed by atoms with Crippen LogP contribution in [0.3, 0.4) is 0 Å². The Labute approximate surface area is 131 Å². The Kier molecular flexibility index (Phi) is 4.59. The molecule has 0 unspecified atom stereocenters. The summed E-state index contributed by atoms with van der Waals surface area (Å²) in [6, 6.07) is 5.12. The zero-order chi connectivity index (χ0) is 18.1. The highest BCUT2D eigenvalue weighted by atomic mass is 19.4. The van der Waals surface area contributed by atoms with Crippen LogP contribution in [0.5, 0.6) is 5.88 Å². The number of hydrogen-bond acceptors (Lipinski definition) is 3. The highest BCUT2D eigenvalue weighted by molar-refractivity contribution is 5.77. The van der Waals surface area contributed by atoms with E-state index in [1.54, 1.807) is 0 Å². The van der Waals surface area contributed by atoms with Crippen LogP contribution in [-0.2, 0) is 17.5 Å². The van der Waals surface area contributed by atoms with Crippen LogP contribution >= 0.6 is 0 Å². The normalized spacial score (nSPS) is 12.3. The highest BCUT2D eigenvalue weighted by Gasteiger charge is 2.42. The third-order valence-electron chi connectivity index (χ3n) is 2.91. The summed E-state index contributed by atoms with van der Waals surface area (Å²) in [5.41, 5.74) is -0.228. The number of hydrogen-bond donors (Lipinski definition) is 0. The van der Waals surface area contributed by atoms with Gasteiger partial charge in [0.1, 0.15) is 0 Å². The molecule has 2 aromatic rings. The number of carbonyl (C=O) groups is 1. The first-order valence-corrected chi connectivity index (χ1v) is 6.46. The Morgan fingerprint density at radius 1 is 1.12 bits per heavy atom. The second kappa shape index (κ2) is 6.17. The lowest BCUT2D eigenvalue weighted by Crippen LogP contribution is -2.28. The van der Waals surface area contributed by atoms with E-state index in [4.69, 9.17) is 0 Å². The molecule has 0 amide bonds. The Morgan fingerprint density at radius 2 is 1.71 bits per heavy atom. The Bertz CT molecular complexity index is 731. The van der Waals surface area contributed by atoms with Gasteiger partial charge in [-0.25, -0.2) is 9.48 Å². The minimum absolute atomic E-state index is 0.160. The van der Waals surface area contributed by atoms with Crippen LogP contribution in [-0.4, -0.2) is 21.9 Å². The first-order valence-electron chi connectivity index (χ1n) is 6.46. The molecule has 0 spiro atoms. The molecule has 0 aliphatic carbocycles. The van der Waals surface area contributed by atoms with E-state index in [0.29, 0.717) is 5.56 Å². The van der Waals surface area contributed by atoms with Crippen LogP contribution in [0.4, 0.5) is 26.3 Å². The molecule has 0 saturated heterocycles. The topological polar surface area (TPSA) is 44.1 Å². The lowest BCUT2D eigenvalue weighted by atomic mass is 10.1. The number of benzene rings is 1. The number of ether oxygens (including phenoxy) is 1. The van der Waals surface area contributed by atoms with E-state index >= 15 is 0 Å². The van der Waals surface area contributed by atoms with Crippen molar-refractivity contribution < 1.29 is 35.9 Å². The second-order valence-corrected chi connectivity index (χ2v) is 4.86. The summed E-state index contributed by atoms with van der Waals surface area (Å²) in [6.45, 7) is 1.31. The Balaban J connectivity index is 2.20. The summed E-state index contributed by atoms with van der Waals surface area (Å²) < 4.78 is 79.4. The number of carbonyl (C=O) groups excluding carboxylic acids is 1. The number of aromatic nitrogens is 2. The van der Waals surface area contributed by atoms with Crippen LogP contribution in [0.25, 0.3) is 0 Å². The molecule has 10 heteroatoms. The minimum Gasteiger partial charge on any atom is -0.401 e. The number of aryl methyl sites for hydroxylation is 1. The van der Waals surface area contributed by atoms with Gasteiger partial charge in [0, 0.05) is 6.07 Å². The Hall–Kier alpha value is -2.52. The molecule has 0 N–H and O–H groups in total. The maximum atomic E-state index is 12.5. The average molecular weight is 352 g/mol. The van der Waals surface area contributed by atoms with Crippen molar-refractivity contribution >= 4 is 5.97 Å². The standard InChI is InChI=1S/C14H10F6N2O2/c1-8-6-11(24-12(23)14(18,19)20)22(21-8)7-9-2-4-10(5-3-9)13(15,16)17/h2-6H,7H2,1H3. The van der Waals surface area contributed by atoms with Gasteiger partial charge < -0.3 is 4.74 Å². The fourth-order valence-electron chi connectivity index (χ4n) is 1.84. The average Bonchev–Trinajstić information content (AvgIpc) is 2.77. The van der Waals surface area contributed by atoms with Crippen molar-refractivity contribution in [2.75, 3.05) is 0 Å². The van der Waals surface area contributed by atoms with E-state index in [-0.39, 0.29) is 12.2 Å². The smallest absolute Gasteiger partial charge is 0.401 e. The van der Waals surface area contributed by atoms with Crippen LogP contribution in [0.1, 0.15) is 16.8 Å². The molecule has 0 bridgehead atoms. The van der Waals surface area contributed by atoms with Gasteiger partial charge in [-0.1, -0.05) is 12.1 Å². The highest BCUT2D eigenvalue weighted by Crippen LogP contribution is 2.29. The van der Waals surface area contributed by atoms with Gasteiger partial charge in [0.15, 0.2) is 0 Å². The summed E-state index contributed by atoms with van der Waals surface area (Å²) >= 11 is 0.